The summed E-state index contributed by atoms with van der Waals surface area (Å²) >= 11 is 5.82. The topological polar surface area (TPSA) is 47.5 Å². The van der Waals surface area contributed by atoms with Crippen LogP contribution in [0.4, 0.5) is 5.82 Å². The molecule has 1 aliphatic rings. The number of rotatable bonds is 3. The van der Waals surface area contributed by atoms with Crippen molar-refractivity contribution in [2.75, 3.05) is 32.2 Å². The van der Waals surface area contributed by atoms with E-state index in [0.717, 1.165) is 18.9 Å². The first-order valence-corrected chi connectivity index (χ1v) is 5.40. The molecule has 6 heteroatoms. The lowest BCUT2D eigenvalue weighted by Gasteiger charge is -2.16. The van der Waals surface area contributed by atoms with E-state index in [1.54, 1.807) is 20.3 Å². The van der Waals surface area contributed by atoms with Gasteiger partial charge >= 0.3 is 0 Å². The quantitative estimate of drug-likeness (QED) is 0.741. The molecule has 0 spiro atoms. The molecule has 0 bridgehead atoms. The van der Waals surface area contributed by atoms with Crippen molar-refractivity contribution < 1.29 is 9.47 Å². The molecule has 1 fully saturated rings. The molecule has 2 rings (SSSR count). The van der Waals surface area contributed by atoms with Crippen LogP contribution in [0.3, 0.4) is 0 Å². The minimum absolute atomic E-state index is 0.0683. The van der Waals surface area contributed by atoms with Crippen LogP contribution in [-0.2, 0) is 9.47 Å². The van der Waals surface area contributed by atoms with Crippen molar-refractivity contribution in [2.45, 2.75) is 12.2 Å². The molecule has 5 nitrogen and oxygen atoms in total. The van der Waals surface area contributed by atoms with E-state index in [1.165, 1.54) is 6.33 Å². The largest absolute Gasteiger partial charge is 0.377 e. The first-order chi connectivity index (χ1) is 7.74. The predicted octanol–water partition coefficient (Wildman–Crippen LogP) is 0.980. The number of methoxy groups -OCH3 is 2. The summed E-state index contributed by atoms with van der Waals surface area (Å²) in [6, 6.07) is 1.74. The molecular formula is C10H14ClN3O2. The number of anilines is 1. The molecule has 1 aromatic rings. The van der Waals surface area contributed by atoms with Gasteiger partial charge in [-0.15, -0.1) is 0 Å². The van der Waals surface area contributed by atoms with Gasteiger partial charge in [0.15, 0.2) is 0 Å². The van der Waals surface area contributed by atoms with E-state index in [2.05, 4.69) is 14.9 Å². The first-order valence-electron chi connectivity index (χ1n) is 5.02. The van der Waals surface area contributed by atoms with Gasteiger partial charge in [-0.3, -0.25) is 0 Å². The predicted molar refractivity (Wildman–Crippen MR) is 60.8 cm³/mol. The van der Waals surface area contributed by atoms with E-state index in [-0.39, 0.29) is 12.2 Å². The van der Waals surface area contributed by atoms with Crippen molar-refractivity contribution in [2.24, 2.45) is 0 Å². The van der Waals surface area contributed by atoms with Gasteiger partial charge < -0.3 is 14.4 Å². The average molecular weight is 244 g/mol. The Balaban J connectivity index is 2.12. The first kappa shape index (κ1) is 11.6. The fourth-order valence-corrected chi connectivity index (χ4v) is 2.02. The van der Waals surface area contributed by atoms with Gasteiger partial charge in [0, 0.05) is 33.4 Å². The Kier molecular flexibility index (Phi) is 3.58. The third-order valence-corrected chi connectivity index (χ3v) is 2.97. The van der Waals surface area contributed by atoms with Crippen LogP contribution >= 0.6 is 11.6 Å². The Morgan fingerprint density at radius 3 is 2.38 bits per heavy atom. The number of hydrogen-bond acceptors (Lipinski definition) is 5. The molecule has 88 valence electrons. The van der Waals surface area contributed by atoms with Crippen molar-refractivity contribution in [1.29, 1.82) is 0 Å². The monoisotopic (exact) mass is 243 g/mol. The number of ether oxygens (including phenoxy) is 2. The van der Waals surface area contributed by atoms with E-state index in [4.69, 9.17) is 21.1 Å². The van der Waals surface area contributed by atoms with Crippen LogP contribution in [0.1, 0.15) is 0 Å². The summed E-state index contributed by atoms with van der Waals surface area (Å²) in [5.74, 6) is 0.807. The second kappa shape index (κ2) is 4.95. The highest BCUT2D eigenvalue weighted by Gasteiger charge is 2.33. The molecule has 2 atom stereocenters. The molecule has 2 heterocycles. The molecule has 0 radical (unpaired) electrons. The molecule has 1 aliphatic heterocycles. The normalized spacial score (nSPS) is 25.1. The zero-order valence-electron chi connectivity index (χ0n) is 9.26. The molecule has 0 saturated carbocycles. The fourth-order valence-electron chi connectivity index (χ4n) is 1.88. The third-order valence-electron chi connectivity index (χ3n) is 2.76. The highest BCUT2D eigenvalue weighted by Crippen LogP contribution is 2.22. The molecule has 0 aliphatic carbocycles. The van der Waals surface area contributed by atoms with E-state index < -0.39 is 0 Å². The summed E-state index contributed by atoms with van der Waals surface area (Å²) in [5, 5.41) is 0.444. The maximum Gasteiger partial charge on any atom is 0.134 e. The standard InChI is InChI=1S/C10H14ClN3O2/c1-15-7-4-14(5-8(7)16-2)10-3-9(11)12-6-13-10/h3,6-8H,4-5H2,1-2H3. The van der Waals surface area contributed by atoms with Crippen LogP contribution in [0.15, 0.2) is 12.4 Å². The van der Waals surface area contributed by atoms with E-state index in [1.807, 2.05) is 0 Å². The number of hydrogen-bond donors (Lipinski definition) is 0. The lowest BCUT2D eigenvalue weighted by molar-refractivity contribution is -0.00461. The van der Waals surface area contributed by atoms with Crippen LogP contribution in [0.5, 0.6) is 0 Å². The minimum Gasteiger partial charge on any atom is -0.377 e. The Labute approximate surface area is 99.3 Å². The Morgan fingerprint density at radius 1 is 1.25 bits per heavy atom. The maximum atomic E-state index is 5.82. The van der Waals surface area contributed by atoms with Gasteiger partial charge in [-0.2, -0.15) is 0 Å². The van der Waals surface area contributed by atoms with Crippen molar-refractivity contribution in [1.82, 2.24) is 9.97 Å². The minimum atomic E-state index is 0.0683. The molecule has 1 aromatic heterocycles. The van der Waals surface area contributed by atoms with Gasteiger partial charge in [0.05, 0.1) is 0 Å². The average Bonchev–Trinajstić information content (AvgIpc) is 2.72. The lowest BCUT2D eigenvalue weighted by atomic mass is 10.3. The summed E-state index contributed by atoms with van der Waals surface area (Å²) in [4.78, 5) is 10.1. The maximum absolute atomic E-state index is 5.82. The van der Waals surface area contributed by atoms with Crippen LogP contribution in [0.25, 0.3) is 0 Å². The molecule has 2 unspecified atom stereocenters. The fraction of sp³-hybridized carbons (Fsp3) is 0.600. The van der Waals surface area contributed by atoms with E-state index in [9.17, 15) is 0 Å². The summed E-state index contributed by atoms with van der Waals surface area (Å²) in [6.45, 7) is 1.50. The van der Waals surface area contributed by atoms with Gasteiger partial charge in [0.2, 0.25) is 0 Å². The van der Waals surface area contributed by atoms with Crippen molar-refractivity contribution in [3.63, 3.8) is 0 Å². The summed E-state index contributed by atoms with van der Waals surface area (Å²) < 4.78 is 10.7. The Bertz CT molecular complexity index is 352. The smallest absolute Gasteiger partial charge is 0.134 e. The van der Waals surface area contributed by atoms with Gasteiger partial charge in [-0.1, -0.05) is 11.6 Å². The summed E-state index contributed by atoms with van der Waals surface area (Å²) in [5.41, 5.74) is 0. The third kappa shape index (κ3) is 2.26. The zero-order chi connectivity index (χ0) is 11.5. The molecule has 1 saturated heterocycles. The lowest BCUT2D eigenvalue weighted by Crippen LogP contribution is -2.27. The van der Waals surface area contributed by atoms with Gasteiger partial charge in [-0.05, 0) is 0 Å². The second-order valence-electron chi connectivity index (χ2n) is 3.65. The molecule has 0 aromatic carbocycles. The molecule has 16 heavy (non-hydrogen) atoms. The van der Waals surface area contributed by atoms with Gasteiger partial charge in [0.25, 0.3) is 0 Å². The van der Waals surface area contributed by atoms with Crippen LogP contribution in [-0.4, -0.2) is 49.5 Å². The number of halogens is 1. The van der Waals surface area contributed by atoms with Crippen LogP contribution in [0, 0.1) is 0 Å². The molecule has 0 N–H and O–H groups in total. The number of aromatic nitrogens is 2. The Morgan fingerprint density at radius 2 is 1.88 bits per heavy atom. The summed E-state index contributed by atoms with van der Waals surface area (Å²) in [6.07, 6.45) is 1.59. The van der Waals surface area contributed by atoms with Crippen LogP contribution in [0.2, 0.25) is 5.15 Å². The highest BCUT2D eigenvalue weighted by atomic mass is 35.5. The highest BCUT2D eigenvalue weighted by molar-refractivity contribution is 6.29. The Hall–Kier alpha value is -0.910. The van der Waals surface area contributed by atoms with Crippen molar-refractivity contribution in [3.8, 4) is 0 Å². The van der Waals surface area contributed by atoms with Crippen molar-refractivity contribution in [3.05, 3.63) is 17.5 Å². The van der Waals surface area contributed by atoms with E-state index >= 15 is 0 Å². The van der Waals surface area contributed by atoms with Crippen LogP contribution < -0.4 is 4.90 Å². The zero-order valence-corrected chi connectivity index (χ0v) is 10.0. The molecular weight excluding hydrogens is 230 g/mol. The SMILES string of the molecule is COC1CN(c2cc(Cl)ncn2)CC1OC. The van der Waals surface area contributed by atoms with Gasteiger partial charge in [0.1, 0.15) is 29.5 Å². The summed E-state index contributed by atoms with van der Waals surface area (Å²) in [7, 11) is 3.38. The second-order valence-corrected chi connectivity index (χ2v) is 4.04. The number of nitrogens with zero attached hydrogens (tertiary/aromatic N) is 3. The van der Waals surface area contributed by atoms with E-state index in [0.29, 0.717) is 5.15 Å². The van der Waals surface area contributed by atoms with Gasteiger partial charge in [-0.25, -0.2) is 9.97 Å². The van der Waals surface area contributed by atoms with Crippen molar-refractivity contribution >= 4 is 17.4 Å². The molecule has 0 amide bonds.